The second-order valence-electron chi connectivity index (χ2n) is 5.16. The van der Waals surface area contributed by atoms with Crippen LogP contribution in [-0.4, -0.2) is 17.6 Å². The monoisotopic (exact) mass is 301 g/mol. The Labute approximate surface area is 129 Å². The van der Waals surface area contributed by atoms with Crippen LogP contribution in [0.15, 0.2) is 54.6 Å². The molecular weight excluding hydrogens is 281 g/mol. The number of aryl methyl sites for hydroxylation is 1. The first-order valence-corrected chi connectivity index (χ1v) is 7.40. The van der Waals surface area contributed by atoms with Crippen LogP contribution < -0.4 is 5.32 Å². The molecule has 0 radical (unpaired) electrons. The van der Waals surface area contributed by atoms with Gasteiger partial charge >= 0.3 is 0 Å². The van der Waals surface area contributed by atoms with Gasteiger partial charge in [0.05, 0.1) is 6.10 Å². The zero-order valence-corrected chi connectivity index (χ0v) is 12.3. The zero-order chi connectivity index (χ0) is 15.8. The van der Waals surface area contributed by atoms with E-state index in [9.17, 15) is 14.3 Å². The van der Waals surface area contributed by atoms with Crippen LogP contribution >= 0.6 is 0 Å². The molecule has 22 heavy (non-hydrogen) atoms. The largest absolute Gasteiger partial charge is 0.388 e. The van der Waals surface area contributed by atoms with Gasteiger partial charge in [0.15, 0.2) is 0 Å². The molecule has 2 N–H and O–H groups in total. The number of halogens is 1. The molecule has 0 fully saturated rings. The lowest BCUT2D eigenvalue weighted by atomic mass is 10.1. The third kappa shape index (κ3) is 4.97. The van der Waals surface area contributed by atoms with Gasteiger partial charge in [-0.05, 0) is 30.0 Å². The number of benzene rings is 2. The van der Waals surface area contributed by atoms with Gasteiger partial charge in [0, 0.05) is 13.0 Å². The van der Waals surface area contributed by atoms with E-state index in [4.69, 9.17) is 0 Å². The van der Waals surface area contributed by atoms with Crippen LogP contribution in [0, 0.1) is 5.82 Å². The molecule has 2 rings (SSSR count). The average Bonchev–Trinajstić information content (AvgIpc) is 2.55. The summed E-state index contributed by atoms with van der Waals surface area (Å²) in [5.41, 5.74) is 1.38. The zero-order valence-electron chi connectivity index (χ0n) is 12.3. The van der Waals surface area contributed by atoms with E-state index in [1.165, 1.54) is 6.07 Å². The third-order valence-electron chi connectivity index (χ3n) is 3.50. The molecule has 0 bridgehead atoms. The van der Waals surface area contributed by atoms with Gasteiger partial charge in [-0.25, -0.2) is 4.39 Å². The van der Waals surface area contributed by atoms with E-state index in [0.717, 1.165) is 5.56 Å². The summed E-state index contributed by atoms with van der Waals surface area (Å²) in [7, 11) is 0. The van der Waals surface area contributed by atoms with Crippen LogP contribution in [0.25, 0.3) is 0 Å². The Morgan fingerprint density at radius 1 is 1.09 bits per heavy atom. The van der Waals surface area contributed by atoms with Crippen molar-refractivity contribution in [3.63, 3.8) is 0 Å². The topological polar surface area (TPSA) is 49.3 Å². The number of carbonyl (C=O) groups excluding carboxylic acids is 1. The number of aliphatic hydroxyl groups excluding tert-OH is 1. The summed E-state index contributed by atoms with van der Waals surface area (Å²) >= 11 is 0. The molecule has 0 aliphatic heterocycles. The first kappa shape index (κ1) is 16.2. The van der Waals surface area contributed by atoms with Gasteiger partial charge in [0.2, 0.25) is 5.91 Å². The Bertz CT molecular complexity index is 601. The number of hydrogen-bond acceptors (Lipinski definition) is 2. The molecule has 1 atom stereocenters. The highest BCUT2D eigenvalue weighted by Crippen LogP contribution is 2.15. The first-order valence-electron chi connectivity index (χ1n) is 7.40. The van der Waals surface area contributed by atoms with Crippen LogP contribution in [0.3, 0.4) is 0 Å². The minimum Gasteiger partial charge on any atom is -0.388 e. The van der Waals surface area contributed by atoms with Crippen LogP contribution in [0.5, 0.6) is 0 Å². The normalized spacial score (nSPS) is 11.9. The van der Waals surface area contributed by atoms with Gasteiger partial charge < -0.3 is 10.4 Å². The van der Waals surface area contributed by atoms with Gasteiger partial charge in [-0.15, -0.1) is 0 Å². The first-order chi connectivity index (χ1) is 10.7. The number of carbonyl (C=O) groups is 1. The number of aliphatic hydroxyl groups is 1. The Kier molecular flexibility index (Phi) is 6.10. The summed E-state index contributed by atoms with van der Waals surface area (Å²) < 4.78 is 13.4. The summed E-state index contributed by atoms with van der Waals surface area (Å²) in [6.45, 7) is 0.395. The van der Waals surface area contributed by atoms with Crippen molar-refractivity contribution >= 4 is 5.91 Å². The molecule has 116 valence electrons. The van der Waals surface area contributed by atoms with E-state index < -0.39 is 6.10 Å². The Balaban J connectivity index is 1.69. The Hall–Kier alpha value is -2.20. The molecule has 0 saturated carbocycles. The fourth-order valence-electron chi connectivity index (χ4n) is 2.23. The lowest BCUT2D eigenvalue weighted by molar-refractivity contribution is -0.121. The second kappa shape index (κ2) is 8.29. The fourth-order valence-corrected chi connectivity index (χ4v) is 2.23. The standard InChI is InChI=1S/C18H20FNO2/c19-16-9-5-4-6-14(16)10-11-18(22)20-13-12-17(21)15-7-2-1-3-8-15/h1-9,17,21H,10-13H2,(H,20,22). The van der Waals surface area contributed by atoms with Crippen molar-refractivity contribution in [1.29, 1.82) is 0 Å². The molecule has 3 nitrogen and oxygen atoms in total. The molecule has 0 heterocycles. The van der Waals surface area contributed by atoms with Gasteiger partial charge in [0.25, 0.3) is 0 Å². The number of rotatable bonds is 7. The van der Waals surface area contributed by atoms with Crippen LogP contribution in [-0.2, 0) is 11.2 Å². The molecule has 2 aromatic carbocycles. The summed E-state index contributed by atoms with van der Waals surface area (Å²) in [4.78, 5) is 11.7. The van der Waals surface area contributed by atoms with Crippen molar-refractivity contribution < 1.29 is 14.3 Å². The van der Waals surface area contributed by atoms with Crippen molar-refractivity contribution in [3.05, 3.63) is 71.5 Å². The van der Waals surface area contributed by atoms with Crippen LogP contribution in [0.1, 0.15) is 30.1 Å². The highest BCUT2D eigenvalue weighted by atomic mass is 19.1. The molecule has 0 saturated heterocycles. The lowest BCUT2D eigenvalue weighted by Crippen LogP contribution is -2.25. The van der Waals surface area contributed by atoms with Crippen molar-refractivity contribution in [2.45, 2.75) is 25.4 Å². The Morgan fingerprint density at radius 2 is 1.77 bits per heavy atom. The smallest absolute Gasteiger partial charge is 0.220 e. The summed E-state index contributed by atoms with van der Waals surface area (Å²) in [6.07, 6.45) is 0.477. The quantitative estimate of drug-likeness (QED) is 0.826. The van der Waals surface area contributed by atoms with Crippen molar-refractivity contribution in [2.75, 3.05) is 6.54 Å². The molecule has 0 aliphatic rings. The maximum atomic E-state index is 13.4. The van der Waals surface area contributed by atoms with Crippen LogP contribution in [0.4, 0.5) is 4.39 Å². The highest BCUT2D eigenvalue weighted by molar-refractivity contribution is 5.76. The van der Waals surface area contributed by atoms with Crippen molar-refractivity contribution in [3.8, 4) is 0 Å². The molecule has 1 unspecified atom stereocenters. The SMILES string of the molecule is O=C(CCc1ccccc1F)NCCC(O)c1ccccc1. The van der Waals surface area contributed by atoms with E-state index in [2.05, 4.69) is 5.32 Å². The van der Waals surface area contributed by atoms with E-state index in [-0.39, 0.29) is 18.1 Å². The predicted molar refractivity (Wildman–Crippen MR) is 83.7 cm³/mol. The summed E-state index contributed by atoms with van der Waals surface area (Å²) in [6, 6.07) is 15.8. The van der Waals surface area contributed by atoms with Gasteiger partial charge in [-0.1, -0.05) is 48.5 Å². The molecule has 0 aliphatic carbocycles. The third-order valence-corrected chi connectivity index (χ3v) is 3.50. The van der Waals surface area contributed by atoms with E-state index in [1.54, 1.807) is 18.2 Å². The van der Waals surface area contributed by atoms with Gasteiger partial charge in [-0.2, -0.15) is 0 Å². The molecular formula is C18H20FNO2. The predicted octanol–water partition coefficient (Wildman–Crippen LogP) is 3.00. The van der Waals surface area contributed by atoms with Crippen molar-refractivity contribution in [1.82, 2.24) is 5.32 Å². The van der Waals surface area contributed by atoms with Crippen LogP contribution in [0.2, 0.25) is 0 Å². The molecule has 1 amide bonds. The molecule has 0 aromatic heterocycles. The molecule has 4 heteroatoms. The highest BCUT2D eigenvalue weighted by Gasteiger charge is 2.08. The Morgan fingerprint density at radius 3 is 2.50 bits per heavy atom. The van der Waals surface area contributed by atoms with E-state index in [0.29, 0.717) is 24.9 Å². The van der Waals surface area contributed by atoms with Crippen molar-refractivity contribution in [2.24, 2.45) is 0 Å². The van der Waals surface area contributed by atoms with Gasteiger partial charge in [0.1, 0.15) is 5.82 Å². The molecule has 0 spiro atoms. The average molecular weight is 301 g/mol. The maximum absolute atomic E-state index is 13.4. The van der Waals surface area contributed by atoms with E-state index >= 15 is 0 Å². The van der Waals surface area contributed by atoms with Gasteiger partial charge in [-0.3, -0.25) is 4.79 Å². The molecule has 2 aromatic rings. The summed E-state index contributed by atoms with van der Waals surface area (Å²) in [5, 5.41) is 12.7. The summed E-state index contributed by atoms with van der Waals surface area (Å²) in [5.74, 6) is -0.418. The minimum atomic E-state index is -0.590. The minimum absolute atomic E-state index is 0.136. The fraction of sp³-hybridized carbons (Fsp3) is 0.278. The number of hydrogen-bond donors (Lipinski definition) is 2. The number of amides is 1. The second-order valence-corrected chi connectivity index (χ2v) is 5.16. The maximum Gasteiger partial charge on any atom is 0.220 e. The lowest BCUT2D eigenvalue weighted by Gasteiger charge is -2.11. The number of nitrogens with one attached hydrogen (secondary N) is 1. The van der Waals surface area contributed by atoms with E-state index in [1.807, 2.05) is 30.3 Å².